The van der Waals surface area contributed by atoms with Crippen LogP contribution in [-0.2, 0) is 6.42 Å². The first-order valence-electron chi connectivity index (χ1n) is 4.88. The molecule has 0 amide bonds. The number of unbranched alkanes of at least 4 members (excludes halogenated alkanes) is 1. The molecular weight excluding hydrogens is 194 g/mol. The average Bonchev–Trinajstić information content (AvgIpc) is 2.59. The van der Waals surface area contributed by atoms with Crippen LogP contribution in [0, 0.1) is 0 Å². The number of nitrogens with zero attached hydrogens (tertiary/aromatic N) is 1. The van der Waals surface area contributed by atoms with Crippen LogP contribution in [0.25, 0.3) is 11.1 Å². The monoisotopic (exact) mass is 207 g/mol. The number of thiol groups is 1. The summed E-state index contributed by atoms with van der Waals surface area (Å²) in [5.74, 6) is 0.823. The summed E-state index contributed by atoms with van der Waals surface area (Å²) in [6.45, 7) is 2.16. The van der Waals surface area contributed by atoms with E-state index in [-0.39, 0.29) is 0 Å². The summed E-state index contributed by atoms with van der Waals surface area (Å²) in [6, 6.07) is 5.81. The molecule has 0 spiro atoms. The first-order valence-corrected chi connectivity index (χ1v) is 5.33. The molecule has 0 atom stereocenters. The lowest BCUT2D eigenvalue weighted by Gasteiger charge is -1.90. The van der Waals surface area contributed by atoms with Crippen molar-refractivity contribution in [3.05, 3.63) is 24.1 Å². The van der Waals surface area contributed by atoms with Gasteiger partial charge in [-0.3, -0.25) is 0 Å². The lowest BCUT2D eigenvalue weighted by atomic mass is 10.2. The molecule has 74 valence electrons. The molecule has 2 nitrogen and oxygen atoms in total. The van der Waals surface area contributed by atoms with Gasteiger partial charge in [-0.25, -0.2) is 4.98 Å². The number of aromatic nitrogens is 1. The maximum absolute atomic E-state index is 5.61. The second-order valence-corrected chi connectivity index (χ2v) is 3.82. The maximum Gasteiger partial charge on any atom is 0.195 e. The van der Waals surface area contributed by atoms with Gasteiger partial charge in [-0.1, -0.05) is 19.4 Å². The van der Waals surface area contributed by atoms with Gasteiger partial charge in [0.05, 0.1) is 0 Å². The lowest BCUT2D eigenvalue weighted by Crippen LogP contribution is -1.82. The van der Waals surface area contributed by atoms with Gasteiger partial charge in [0.25, 0.3) is 0 Å². The molecule has 0 saturated carbocycles. The molecule has 0 aliphatic carbocycles. The van der Waals surface area contributed by atoms with Crippen molar-refractivity contribution in [3.63, 3.8) is 0 Å². The van der Waals surface area contributed by atoms with Crippen molar-refractivity contribution in [2.75, 3.05) is 0 Å². The Hall–Kier alpha value is -0.960. The number of hydrogen-bond acceptors (Lipinski definition) is 3. The van der Waals surface area contributed by atoms with Gasteiger partial charge in [0.15, 0.2) is 11.5 Å². The quantitative estimate of drug-likeness (QED) is 0.780. The predicted octanol–water partition coefficient (Wildman–Crippen LogP) is 3.46. The predicted molar refractivity (Wildman–Crippen MR) is 59.9 cm³/mol. The van der Waals surface area contributed by atoms with E-state index < -0.39 is 0 Å². The molecule has 0 bridgehead atoms. The Kier molecular flexibility index (Phi) is 2.77. The van der Waals surface area contributed by atoms with E-state index in [4.69, 9.17) is 4.42 Å². The Balaban J connectivity index is 2.36. The number of para-hydroxylation sites is 1. The van der Waals surface area contributed by atoms with Gasteiger partial charge in [0, 0.05) is 11.3 Å². The topological polar surface area (TPSA) is 26.0 Å². The molecule has 1 aromatic carbocycles. The minimum Gasteiger partial charge on any atom is -0.440 e. The third-order valence-corrected chi connectivity index (χ3v) is 2.53. The van der Waals surface area contributed by atoms with Gasteiger partial charge in [-0.2, -0.15) is 0 Å². The van der Waals surface area contributed by atoms with E-state index in [0.29, 0.717) is 0 Å². The second-order valence-electron chi connectivity index (χ2n) is 3.34. The molecule has 0 unspecified atom stereocenters. The highest BCUT2D eigenvalue weighted by Crippen LogP contribution is 2.23. The molecule has 0 radical (unpaired) electrons. The standard InChI is InChI=1S/C11H13NOS/c1-2-3-7-10-12-8-5-4-6-9(14)11(8)13-10/h4-6,14H,2-3,7H2,1H3. The summed E-state index contributed by atoms with van der Waals surface area (Å²) >= 11 is 4.32. The fraction of sp³-hybridized carbons (Fsp3) is 0.364. The maximum atomic E-state index is 5.61. The first-order chi connectivity index (χ1) is 6.81. The van der Waals surface area contributed by atoms with E-state index >= 15 is 0 Å². The molecule has 1 heterocycles. The molecule has 2 aromatic rings. The highest BCUT2D eigenvalue weighted by molar-refractivity contribution is 7.80. The zero-order valence-corrected chi connectivity index (χ0v) is 9.05. The van der Waals surface area contributed by atoms with Gasteiger partial charge in [-0.05, 0) is 18.6 Å². The van der Waals surface area contributed by atoms with Crippen molar-refractivity contribution in [1.29, 1.82) is 0 Å². The molecule has 0 fully saturated rings. The molecule has 3 heteroatoms. The molecule has 1 aromatic heterocycles. The van der Waals surface area contributed by atoms with Crippen molar-refractivity contribution in [3.8, 4) is 0 Å². The van der Waals surface area contributed by atoms with Crippen LogP contribution in [0.3, 0.4) is 0 Å². The molecule has 14 heavy (non-hydrogen) atoms. The summed E-state index contributed by atoms with van der Waals surface area (Å²) in [6.07, 6.45) is 3.19. The average molecular weight is 207 g/mol. The molecule has 0 aliphatic rings. The largest absolute Gasteiger partial charge is 0.440 e. The van der Waals surface area contributed by atoms with E-state index in [1.807, 2.05) is 18.2 Å². The van der Waals surface area contributed by atoms with E-state index in [9.17, 15) is 0 Å². The zero-order chi connectivity index (χ0) is 9.97. The summed E-state index contributed by atoms with van der Waals surface area (Å²) in [5, 5.41) is 0. The smallest absolute Gasteiger partial charge is 0.195 e. The summed E-state index contributed by atoms with van der Waals surface area (Å²) in [5.41, 5.74) is 1.71. The van der Waals surface area contributed by atoms with Crippen molar-refractivity contribution in [2.24, 2.45) is 0 Å². The van der Waals surface area contributed by atoms with Crippen LogP contribution < -0.4 is 0 Å². The van der Waals surface area contributed by atoms with E-state index in [2.05, 4.69) is 24.5 Å². The van der Waals surface area contributed by atoms with Crippen LogP contribution in [0.2, 0.25) is 0 Å². The Morgan fingerprint density at radius 2 is 2.29 bits per heavy atom. The number of oxazole rings is 1. The third-order valence-electron chi connectivity index (χ3n) is 2.18. The number of aryl methyl sites for hydroxylation is 1. The third kappa shape index (κ3) is 1.77. The van der Waals surface area contributed by atoms with Crippen LogP contribution >= 0.6 is 12.6 Å². The van der Waals surface area contributed by atoms with Gasteiger partial charge in [0.1, 0.15) is 5.52 Å². The summed E-state index contributed by atoms with van der Waals surface area (Å²) in [7, 11) is 0. The fourth-order valence-electron chi connectivity index (χ4n) is 1.42. The van der Waals surface area contributed by atoms with Gasteiger partial charge in [-0.15, -0.1) is 12.6 Å². The van der Waals surface area contributed by atoms with Crippen LogP contribution in [0.1, 0.15) is 25.7 Å². The molecule has 2 rings (SSSR count). The number of fused-ring (bicyclic) bond motifs is 1. The molecular formula is C11H13NOS. The van der Waals surface area contributed by atoms with Gasteiger partial charge in [0.2, 0.25) is 0 Å². The highest BCUT2D eigenvalue weighted by Gasteiger charge is 2.06. The minimum absolute atomic E-state index is 0.807. The van der Waals surface area contributed by atoms with E-state index in [1.165, 1.54) is 0 Å². The second kappa shape index (κ2) is 4.05. The SMILES string of the molecule is CCCCc1nc2cccc(S)c2o1. The normalized spacial score (nSPS) is 11.0. The van der Waals surface area contributed by atoms with Crippen LogP contribution in [0.5, 0.6) is 0 Å². The van der Waals surface area contributed by atoms with Crippen LogP contribution in [0.4, 0.5) is 0 Å². The molecule has 0 saturated heterocycles. The van der Waals surface area contributed by atoms with Crippen molar-refractivity contribution < 1.29 is 4.42 Å². The van der Waals surface area contributed by atoms with E-state index in [0.717, 1.165) is 41.1 Å². The Labute approximate surface area is 88.7 Å². The van der Waals surface area contributed by atoms with Crippen molar-refractivity contribution >= 4 is 23.7 Å². The van der Waals surface area contributed by atoms with Crippen LogP contribution in [0.15, 0.2) is 27.5 Å². The van der Waals surface area contributed by atoms with Gasteiger partial charge >= 0.3 is 0 Å². The van der Waals surface area contributed by atoms with Gasteiger partial charge < -0.3 is 4.42 Å². The fourth-order valence-corrected chi connectivity index (χ4v) is 1.66. The Morgan fingerprint density at radius 3 is 3.00 bits per heavy atom. The van der Waals surface area contributed by atoms with Crippen LogP contribution in [-0.4, -0.2) is 4.98 Å². The molecule has 0 N–H and O–H groups in total. The summed E-state index contributed by atoms with van der Waals surface area (Å²) in [4.78, 5) is 5.25. The first kappa shape index (κ1) is 9.59. The van der Waals surface area contributed by atoms with E-state index in [1.54, 1.807) is 0 Å². The summed E-state index contributed by atoms with van der Waals surface area (Å²) < 4.78 is 5.61. The Bertz CT molecular complexity index is 436. The number of hydrogen-bond donors (Lipinski definition) is 1. The molecule has 0 aliphatic heterocycles. The lowest BCUT2D eigenvalue weighted by molar-refractivity contribution is 0.513. The minimum atomic E-state index is 0.807. The van der Waals surface area contributed by atoms with Crippen molar-refractivity contribution in [2.45, 2.75) is 31.1 Å². The zero-order valence-electron chi connectivity index (χ0n) is 8.16. The van der Waals surface area contributed by atoms with Crippen molar-refractivity contribution in [1.82, 2.24) is 4.98 Å². The number of rotatable bonds is 3. The highest BCUT2D eigenvalue weighted by atomic mass is 32.1. The Morgan fingerprint density at radius 1 is 1.43 bits per heavy atom. The number of benzene rings is 1.